The molecule has 5 nitrogen and oxygen atoms in total. The number of fused-ring (bicyclic) bond motifs is 1. The monoisotopic (exact) mass is 318 g/mol. The number of benzene rings is 1. The molecule has 0 radical (unpaired) electrons. The van der Waals surface area contributed by atoms with Gasteiger partial charge < -0.3 is 5.32 Å². The second kappa shape index (κ2) is 5.92. The van der Waals surface area contributed by atoms with Crippen LogP contribution in [0.4, 0.5) is 5.82 Å². The van der Waals surface area contributed by atoms with Crippen molar-refractivity contribution in [2.45, 2.75) is 26.2 Å². The molecule has 1 aliphatic carbocycles. The van der Waals surface area contributed by atoms with Gasteiger partial charge in [-0.25, -0.2) is 9.67 Å². The van der Waals surface area contributed by atoms with E-state index >= 15 is 0 Å². The van der Waals surface area contributed by atoms with Crippen molar-refractivity contribution in [2.24, 2.45) is 0 Å². The first-order valence-electron chi connectivity index (χ1n) is 8.12. The molecule has 1 aromatic carbocycles. The van der Waals surface area contributed by atoms with Crippen molar-refractivity contribution >= 4 is 11.7 Å². The summed E-state index contributed by atoms with van der Waals surface area (Å²) < 4.78 is 1.90. The molecule has 2 heterocycles. The zero-order chi connectivity index (χ0) is 16.5. The molecule has 0 fully saturated rings. The van der Waals surface area contributed by atoms with Crippen molar-refractivity contribution in [2.75, 3.05) is 5.32 Å². The molecule has 0 unspecified atom stereocenters. The molecule has 120 valence electrons. The standard InChI is InChI=1S/C19H18N4O/c1-13-10-11-20-17(12-13)21-19(24)18-15-8-5-9-16(15)23(22-18)14-6-3-2-4-7-14/h2-4,6-7,10-12H,5,8-9H2,1H3,(H,20,21,24). The highest BCUT2D eigenvalue weighted by Gasteiger charge is 2.27. The molecule has 24 heavy (non-hydrogen) atoms. The highest BCUT2D eigenvalue weighted by molar-refractivity contribution is 6.03. The lowest BCUT2D eigenvalue weighted by Gasteiger charge is -2.05. The fraction of sp³-hybridized carbons (Fsp3) is 0.211. The topological polar surface area (TPSA) is 59.8 Å². The quantitative estimate of drug-likeness (QED) is 0.806. The third kappa shape index (κ3) is 2.58. The molecule has 0 atom stereocenters. The van der Waals surface area contributed by atoms with E-state index in [0.29, 0.717) is 11.5 Å². The molecule has 0 saturated heterocycles. The first-order valence-corrected chi connectivity index (χ1v) is 8.12. The van der Waals surface area contributed by atoms with Crippen LogP contribution in [0.25, 0.3) is 5.69 Å². The molecule has 0 bridgehead atoms. The smallest absolute Gasteiger partial charge is 0.277 e. The van der Waals surface area contributed by atoms with Gasteiger partial charge in [0.2, 0.25) is 0 Å². The van der Waals surface area contributed by atoms with Crippen LogP contribution in [0.2, 0.25) is 0 Å². The molecule has 1 amide bonds. The largest absolute Gasteiger partial charge is 0.305 e. The maximum absolute atomic E-state index is 12.7. The predicted molar refractivity (Wildman–Crippen MR) is 92.5 cm³/mol. The normalized spacial score (nSPS) is 12.9. The summed E-state index contributed by atoms with van der Waals surface area (Å²) in [6.45, 7) is 1.97. The average Bonchev–Trinajstić information content (AvgIpc) is 3.17. The van der Waals surface area contributed by atoms with E-state index in [0.717, 1.165) is 41.8 Å². The van der Waals surface area contributed by atoms with Crippen molar-refractivity contribution < 1.29 is 4.79 Å². The number of rotatable bonds is 3. The zero-order valence-corrected chi connectivity index (χ0v) is 13.5. The van der Waals surface area contributed by atoms with E-state index in [9.17, 15) is 4.79 Å². The van der Waals surface area contributed by atoms with E-state index in [4.69, 9.17) is 0 Å². The Kier molecular flexibility index (Phi) is 3.61. The van der Waals surface area contributed by atoms with E-state index < -0.39 is 0 Å². The summed E-state index contributed by atoms with van der Waals surface area (Å²) in [4.78, 5) is 16.9. The van der Waals surface area contributed by atoms with Crippen LogP contribution in [-0.4, -0.2) is 20.7 Å². The molecule has 1 aliphatic rings. The van der Waals surface area contributed by atoms with Crippen LogP contribution in [0.15, 0.2) is 48.7 Å². The van der Waals surface area contributed by atoms with Crippen molar-refractivity contribution in [3.05, 3.63) is 71.2 Å². The highest BCUT2D eigenvalue weighted by atomic mass is 16.2. The van der Waals surface area contributed by atoms with Crippen LogP contribution in [0.3, 0.4) is 0 Å². The van der Waals surface area contributed by atoms with Crippen LogP contribution in [0, 0.1) is 6.92 Å². The molecule has 1 N–H and O–H groups in total. The van der Waals surface area contributed by atoms with E-state index in [1.165, 1.54) is 0 Å². The number of hydrogen-bond acceptors (Lipinski definition) is 3. The van der Waals surface area contributed by atoms with Gasteiger partial charge in [-0.05, 0) is 56.0 Å². The summed E-state index contributed by atoms with van der Waals surface area (Å²) in [5, 5.41) is 7.47. The number of hydrogen-bond donors (Lipinski definition) is 1. The van der Waals surface area contributed by atoms with E-state index in [-0.39, 0.29) is 5.91 Å². The van der Waals surface area contributed by atoms with Gasteiger partial charge in [0.15, 0.2) is 5.69 Å². The Bertz CT molecular complexity index is 899. The third-order valence-electron chi connectivity index (χ3n) is 4.30. The van der Waals surface area contributed by atoms with Crippen molar-refractivity contribution in [3.63, 3.8) is 0 Å². The average molecular weight is 318 g/mol. The summed E-state index contributed by atoms with van der Waals surface area (Å²) in [5.41, 5.74) is 4.76. The second-order valence-electron chi connectivity index (χ2n) is 6.05. The van der Waals surface area contributed by atoms with E-state index in [2.05, 4.69) is 15.4 Å². The minimum Gasteiger partial charge on any atom is -0.305 e. The van der Waals surface area contributed by atoms with Gasteiger partial charge in [0, 0.05) is 17.5 Å². The SMILES string of the molecule is Cc1ccnc(NC(=O)c2nn(-c3ccccc3)c3c2CCC3)c1. The van der Waals surface area contributed by atoms with Gasteiger partial charge in [-0.15, -0.1) is 0 Å². The number of carbonyl (C=O) groups is 1. The Hall–Kier alpha value is -2.95. The number of amides is 1. The first kappa shape index (κ1) is 14.6. The maximum atomic E-state index is 12.7. The Labute approximate surface area is 140 Å². The molecular formula is C19H18N4O. The first-order chi connectivity index (χ1) is 11.7. The summed E-state index contributed by atoms with van der Waals surface area (Å²) >= 11 is 0. The summed E-state index contributed by atoms with van der Waals surface area (Å²) in [6, 6.07) is 13.7. The highest BCUT2D eigenvalue weighted by Crippen LogP contribution is 2.28. The number of pyridine rings is 1. The minimum absolute atomic E-state index is 0.194. The molecule has 0 spiro atoms. The Morgan fingerprint density at radius 3 is 2.79 bits per heavy atom. The minimum atomic E-state index is -0.194. The number of carbonyl (C=O) groups excluding carboxylic acids is 1. The van der Waals surface area contributed by atoms with E-state index in [1.807, 2.05) is 54.1 Å². The van der Waals surface area contributed by atoms with Gasteiger partial charge in [-0.3, -0.25) is 4.79 Å². The van der Waals surface area contributed by atoms with Gasteiger partial charge in [0.25, 0.3) is 5.91 Å². The molecule has 0 saturated carbocycles. The fourth-order valence-electron chi connectivity index (χ4n) is 3.18. The third-order valence-corrected chi connectivity index (χ3v) is 4.30. The molecule has 5 heteroatoms. The lowest BCUT2D eigenvalue weighted by Crippen LogP contribution is -2.15. The van der Waals surface area contributed by atoms with Crippen LogP contribution in [0.1, 0.15) is 33.7 Å². The fourth-order valence-corrected chi connectivity index (χ4v) is 3.18. The second-order valence-corrected chi connectivity index (χ2v) is 6.05. The molecule has 0 aliphatic heterocycles. The van der Waals surface area contributed by atoms with Crippen LogP contribution < -0.4 is 5.32 Å². The Morgan fingerprint density at radius 1 is 1.17 bits per heavy atom. The van der Waals surface area contributed by atoms with Gasteiger partial charge in [0.05, 0.1) is 5.69 Å². The Morgan fingerprint density at radius 2 is 2.00 bits per heavy atom. The Balaban J connectivity index is 1.70. The predicted octanol–water partition coefficient (Wildman–Crippen LogP) is 3.32. The zero-order valence-electron chi connectivity index (χ0n) is 13.5. The molecule has 2 aromatic heterocycles. The van der Waals surface area contributed by atoms with Crippen LogP contribution in [0.5, 0.6) is 0 Å². The van der Waals surface area contributed by atoms with Gasteiger partial charge >= 0.3 is 0 Å². The van der Waals surface area contributed by atoms with Gasteiger partial charge in [-0.1, -0.05) is 18.2 Å². The summed E-state index contributed by atoms with van der Waals surface area (Å²) in [6.07, 6.45) is 4.60. The number of para-hydroxylation sites is 1. The number of aromatic nitrogens is 3. The maximum Gasteiger partial charge on any atom is 0.277 e. The number of anilines is 1. The lowest BCUT2D eigenvalue weighted by molar-refractivity contribution is 0.102. The van der Waals surface area contributed by atoms with Crippen molar-refractivity contribution in [3.8, 4) is 5.69 Å². The van der Waals surface area contributed by atoms with E-state index in [1.54, 1.807) is 6.20 Å². The molecule has 4 rings (SSSR count). The van der Waals surface area contributed by atoms with Crippen molar-refractivity contribution in [1.29, 1.82) is 0 Å². The summed E-state index contributed by atoms with van der Waals surface area (Å²) in [7, 11) is 0. The number of nitrogens with zero attached hydrogens (tertiary/aromatic N) is 3. The molecular weight excluding hydrogens is 300 g/mol. The number of aryl methyl sites for hydroxylation is 1. The summed E-state index contributed by atoms with van der Waals surface area (Å²) in [5.74, 6) is 0.363. The van der Waals surface area contributed by atoms with Crippen LogP contribution in [-0.2, 0) is 12.8 Å². The van der Waals surface area contributed by atoms with Crippen LogP contribution >= 0.6 is 0 Å². The number of nitrogens with one attached hydrogen (secondary N) is 1. The van der Waals surface area contributed by atoms with Gasteiger partial charge in [-0.2, -0.15) is 5.10 Å². The van der Waals surface area contributed by atoms with Crippen molar-refractivity contribution in [1.82, 2.24) is 14.8 Å². The molecule has 3 aromatic rings. The lowest BCUT2D eigenvalue weighted by atomic mass is 10.2. The van der Waals surface area contributed by atoms with Gasteiger partial charge in [0.1, 0.15) is 5.82 Å².